The summed E-state index contributed by atoms with van der Waals surface area (Å²) >= 11 is 11.6. The van der Waals surface area contributed by atoms with Gasteiger partial charge in [0.2, 0.25) is 0 Å². The van der Waals surface area contributed by atoms with Crippen LogP contribution < -0.4 is 148 Å². The number of rotatable bonds is 20. The van der Waals surface area contributed by atoms with E-state index in [9.17, 15) is 64.9 Å². The Hall–Kier alpha value is -5.79. The van der Waals surface area contributed by atoms with E-state index < -0.39 is 60.4 Å². The van der Waals surface area contributed by atoms with E-state index in [1.807, 2.05) is 115 Å². The van der Waals surface area contributed by atoms with Gasteiger partial charge >= 0.3 is 148 Å². The smallest absolute Gasteiger partial charge is 0.744 e. The summed E-state index contributed by atoms with van der Waals surface area (Å²) in [6.07, 6.45) is 21.5. The van der Waals surface area contributed by atoms with E-state index in [1.165, 1.54) is 71.8 Å². The van der Waals surface area contributed by atoms with Crippen LogP contribution in [-0.2, 0) is 50.6 Å². The molecule has 0 saturated heterocycles. The zero-order chi connectivity index (χ0) is 76.5. The van der Waals surface area contributed by atoms with Crippen molar-refractivity contribution in [3.8, 4) is 33.4 Å². The quantitative estimate of drug-likeness (QED) is 0.0516. The zero-order valence-corrected chi connectivity index (χ0v) is 77.0. The maximum Gasteiger partial charge on any atom is 1.00 e. The summed E-state index contributed by atoms with van der Waals surface area (Å²) in [4.78, 5) is -1.65. The van der Waals surface area contributed by atoms with E-state index in [1.54, 1.807) is 103 Å². The first-order valence-electron chi connectivity index (χ1n) is 32.3. The normalized spacial score (nSPS) is 11.5. The second-order valence-electron chi connectivity index (χ2n) is 23.9. The molecule has 0 unspecified atom stereocenters. The van der Waals surface area contributed by atoms with Crippen molar-refractivity contribution in [1.82, 2.24) is 0 Å². The molecular formula is C87H69Cl2Na5O15S5. The van der Waals surface area contributed by atoms with Gasteiger partial charge in [0.05, 0.1) is 34.5 Å². The van der Waals surface area contributed by atoms with E-state index in [0.717, 1.165) is 66.8 Å². The van der Waals surface area contributed by atoms with Gasteiger partial charge < -0.3 is 22.8 Å². The third-order valence-electron chi connectivity index (χ3n) is 16.3. The molecule has 556 valence electrons. The van der Waals surface area contributed by atoms with E-state index in [0.29, 0.717) is 27.8 Å². The van der Waals surface area contributed by atoms with Gasteiger partial charge in [-0.15, -0.1) is 0 Å². The topological polar surface area (TPSA) is 286 Å². The van der Waals surface area contributed by atoms with Crippen molar-refractivity contribution in [3.05, 3.63) is 361 Å². The second kappa shape index (κ2) is 47.1. The van der Waals surface area contributed by atoms with Crippen LogP contribution in [0.25, 0.3) is 106 Å². The summed E-state index contributed by atoms with van der Waals surface area (Å²) in [7, 11) is -22.9. The molecule has 0 atom stereocenters. The predicted molar refractivity (Wildman–Crippen MR) is 436 cm³/mol. The Morgan fingerprint density at radius 2 is 0.456 bits per heavy atom. The van der Waals surface area contributed by atoms with Crippen LogP contribution in [-0.4, -0.2) is 64.9 Å². The van der Waals surface area contributed by atoms with Gasteiger partial charge in [0.25, 0.3) is 0 Å². The molecule has 0 saturated carbocycles. The molecule has 0 fully saturated rings. The van der Waals surface area contributed by atoms with Crippen molar-refractivity contribution in [1.29, 1.82) is 0 Å². The van der Waals surface area contributed by atoms with E-state index in [4.69, 9.17) is 23.2 Å². The molecule has 12 aromatic rings. The molecule has 0 heterocycles. The minimum atomic E-state index is -4.66. The molecule has 0 bridgehead atoms. The van der Waals surface area contributed by atoms with Gasteiger partial charge in [0.15, 0.2) is 0 Å². The Bertz CT molecular complexity index is 5770. The average Bonchev–Trinajstić information content (AvgIpc) is 0.838. The minimum absolute atomic E-state index is 0. The Kier molecular flexibility index (Phi) is 42.3. The van der Waals surface area contributed by atoms with Crippen LogP contribution in [0, 0.1) is 6.92 Å². The van der Waals surface area contributed by atoms with Crippen LogP contribution in [0.3, 0.4) is 0 Å². The fourth-order valence-electron chi connectivity index (χ4n) is 10.7. The van der Waals surface area contributed by atoms with Crippen LogP contribution in [0.15, 0.2) is 304 Å². The van der Waals surface area contributed by atoms with Crippen molar-refractivity contribution < 1.29 is 213 Å². The molecular weight excluding hydrogens is 1630 g/mol. The first-order chi connectivity index (χ1) is 50.9. The third-order valence-corrected chi connectivity index (χ3v) is 21.6. The molecule has 12 rings (SSSR count). The van der Waals surface area contributed by atoms with Gasteiger partial charge in [-0.1, -0.05) is 347 Å². The van der Waals surface area contributed by atoms with E-state index in [-0.39, 0.29) is 187 Å². The van der Waals surface area contributed by atoms with Gasteiger partial charge in [-0.25, -0.2) is 42.1 Å². The van der Waals surface area contributed by atoms with Crippen LogP contribution in [0.5, 0.6) is 0 Å². The zero-order valence-electron chi connectivity index (χ0n) is 61.4. The standard InChI is InChI=1S/C29H24O3S.C28H20Cl2O6S2.C28H22O6S2.2CH4.5Na/c1-22-4-2-5-25(20-22)10-8-23-12-16-27(17-13-23)28-18-14-24(15-19-28)9-11-26-6-3-7-29(21-26)33(30,31)32;29-25-15-9-21(17-27(25)37(31,32)33)3-1-19-5-11-23(12-6-19)24-13-7-20(8-14-24)2-4-22-10-16-26(30)28(18-22)38(34,35)36;29-35(30,31)27-7-3-1-5-25(27)19-13-21-9-15-23(16-10-21)24-17-11-22(12-18-24)14-20-26-6-2-4-8-28(26)36(32,33)34;;;;;;;/h2-21H,1H3,(H,30,31,32);1-18H,(H,31,32,33)(H,34,35,36);1-20H,(H,29,30,31)(H,32,33,34);2*1H4;;;;;/q;;;;;5*+1/p-5. The summed E-state index contributed by atoms with van der Waals surface area (Å²) in [5.41, 5.74) is 16.5. The molecule has 0 aromatic heterocycles. The van der Waals surface area contributed by atoms with Crippen molar-refractivity contribution >= 4 is 147 Å². The van der Waals surface area contributed by atoms with Crippen LogP contribution >= 0.6 is 23.2 Å². The SMILES string of the molecule is C.C.Cc1cccc(C=Cc2ccc(-c3ccc(C=Cc4cccc(S(=O)(=O)[O-])c4)cc3)cc2)c1.O=S(=O)([O-])c1cc(C=Cc2ccc(-c3ccc(C=Cc4ccc(Cl)c(S(=O)(=O)[O-])c4)cc3)cc2)ccc1Cl.O=S(=O)([O-])c1ccccc1C=Cc1ccc(-c2ccc(C=Cc3ccccc3S(=O)(=O)[O-])cc2)cc1.[Na+].[Na+].[Na+].[Na+].[Na+]. The van der Waals surface area contributed by atoms with E-state index in [2.05, 4.69) is 79.7 Å². The largest absolute Gasteiger partial charge is 1.00 e. The van der Waals surface area contributed by atoms with Crippen molar-refractivity contribution in [2.75, 3.05) is 0 Å². The summed E-state index contributed by atoms with van der Waals surface area (Å²) in [6, 6.07) is 82.1. The number of hydrogen-bond acceptors (Lipinski definition) is 15. The van der Waals surface area contributed by atoms with Gasteiger partial charge in [-0.2, -0.15) is 0 Å². The molecule has 0 aliphatic carbocycles. The first kappa shape index (κ1) is 102. The monoisotopic (exact) mass is 1700 g/mol. The molecule has 0 spiro atoms. The Morgan fingerprint density at radius 3 is 0.719 bits per heavy atom. The number of aryl methyl sites for hydroxylation is 1. The van der Waals surface area contributed by atoms with Crippen LogP contribution in [0.2, 0.25) is 10.0 Å². The average molecular weight is 1700 g/mol. The molecule has 0 N–H and O–H groups in total. The maximum absolute atomic E-state index is 11.4. The molecule has 0 aliphatic heterocycles. The number of halogens is 2. The Labute approximate surface area is 789 Å². The number of hydrogen-bond donors (Lipinski definition) is 0. The summed E-state index contributed by atoms with van der Waals surface area (Å²) in [5, 5.41) is -0.228. The summed E-state index contributed by atoms with van der Waals surface area (Å²) < 4.78 is 170. The first-order valence-corrected chi connectivity index (χ1v) is 40.1. The summed E-state index contributed by atoms with van der Waals surface area (Å²) in [6.45, 7) is 2.09. The van der Waals surface area contributed by atoms with Gasteiger partial charge in [0, 0.05) is 0 Å². The maximum atomic E-state index is 11.4. The van der Waals surface area contributed by atoms with Crippen molar-refractivity contribution in [3.63, 3.8) is 0 Å². The molecule has 0 amide bonds. The Balaban J connectivity index is 0.000000430. The van der Waals surface area contributed by atoms with E-state index >= 15 is 0 Å². The fourth-order valence-corrected chi connectivity index (χ4v) is 14.6. The van der Waals surface area contributed by atoms with Gasteiger partial charge in [-0.05, 0) is 156 Å². The molecule has 15 nitrogen and oxygen atoms in total. The molecule has 114 heavy (non-hydrogen) atoms. The van der Waals surface area contributed by atoms with Gasteiger partial charge in [-0.3, -0.25) is 0 Å². The van der Waals surface area contributed by atoms with Crippen LogP contribution in [0.1, 0.15) is 87.2 Å². The predicted octanol–water partition coefficient (Wildman–Crippen LogP) is 5.51. The second-order valence-corrected chi connectivity index (χ2v) is 31.5. The number of benzene rings is 12. The van der Waals surface area contributed by atoms with Crippen LogP contribution in [0.4, 0.5) is 0 Å². The summed E-state index contributed by atoms with van der Waals surface area (Å²) in [5.74, 6) is 0. The van der Waals surface area contributed by atoms with Gasteiger partial charge in [0.1, 0.15) is 50.6 Å². The third kappa shape index (κ3) is 31.2. The molecule has 0 aliphatic rings. The Morgan fingerprint density at radius 1 is 0.228 bits per heavy atom. The minimum Gasteiger partial charge on any atom is -0.744 e. The van der Waals surface area contributed by atoms with Crippen molar-refractivity contribution in [2.24, 2.45) is 0 Å². The molecule has 27 heteroatoms. The molecule has 12 aromatic carbocycles. The van der Waals surface area contributed by atoms with Crippen molar-refractivity contribution in [2.45, 2.75) is 46.3 Å². The molecule has 0 radical (unpaired) electrons. The fraction of sp³-hybridized carbons (Fsp3) is 0.0345.